The van der Waals surface area contributed by atoms with Gasteiger partial charge in [0.2, 0.25) is 0 Å². The Labute approximate surface area is 112 Å². The second-order valence-corrected chi connectivity index (χ2v) is 4.59. The second kappa shape index (κ2) is 5.88. The molecule has 1 aliphatic heterocycles. The van der Waals surface area contributed by atoms with E-state index in [1.54, 1.807) is 11.0 Å². The normalized spacial score (nSPS) is 16.4. The fraction of sp³-hybridized carbons (Fsp3) is 0.462. The number of urea groups is 1. The smallest absolute Gasteiger partial charge is 0.322 e. The Morgan fingerprint density at radius 1 is 1.37 bits per heavy atom. The van der Waals surface area contributed by atoms with Gasteiger partial charge in [-0.25, -0.2) is 9.18 Å². The summed E-state index contributed by atoms with van der Waals surface area (Å²) in [5.74, 6) is -0.513. The number of anilines is 2. The first-order valence-corrected chi connectivity index (χ1v) is 6.43. The largest absolute Gasteiger partial charge is 0.399 e. The molecule has 1 aliphatic rings. The third kappa shape index (κ3) is 3.35. The highest BCUT2D eigenvalue weighted by molar-refractivity contribution is 5.89. The summed E-state index contributed by atoms with van der Waals surface area (Å²) in [6, 6.07) is 3.97. The van der Waals surface area contributed by atoms with Crippen LogP contribution in [-0.4, -0.2) is 48.6 Å². The van der Waals surface area contributed by atoms with Crippen LogP contribution in [0.1, 0.15) is 6.92 Å². The zero-order valence-corrected chi connectivity index (χ0v) is 11.0. The molecule has 3 N–H and O–H groups in total. The second-order valence-electron chi connectivity index (χ2n) is 4.59. The molecule has 19 heavy (non-hydrogen) atoms. The van der Waals surface area contributed by atoms with Crippen LogP contribution >= 0.6 is 0 Å². The van der Waals surface area contributed by atoms with Gasteiger partial charge in [0, 0.05) is 31.9 Å². The van der Waals surface area contributed by atoms with Crippen molar-refractivity contribution < 1.29 is 9.18 Å². The number of nitrogen functional groups attached to an aromatic ring is 1. The van der Waals surface area contributed by atoms with Crippen molar-refractivity contribution in [2.75, 3.05) is 43.8 Å². The van der Waals surface area contributed by atoms with E-state index in [0.717, 1.165) is 19.6 Å². The summed E-state index contributed by atoms with van der Waals surface area (Å²) in [6.07, 6.45) is 0. The molecular formula is C13H19FN4O. The summed E-state index contributed by atoms with van der Waals surface area (Å²) in [5.41, 5.74) is 5.97. The van der Waals surface area contributed by atoms with Gasteiger partial charge in [0.1, 0.15) is 5.82 Å². The molecule has 5 nitrogen and oxygen atoms in total. The van der Waals surface area contributed by atoms with Crippen molar-refractivity contribution in [1.29, 1.82) is 0 Å². The highest BCUT2D eigenvalue weighted by Crippen LogP contribution is 2.17. The molecule has 104 valence electrons. The predicted molar refractivity (Wildman–Crippen MR) is 73.5 cm³/mol. The minimum absolute atomic E-state index is 0.164. The van der Waals surface area contributed by atoms with Crippen LogP contribution < -0.4 is 11.1 Å². The average Bonchev–Trinajstić information content (AvgIpc) is 2.42. The van der Waals surface area contributed by atoms with Crippen LogP contribution in [0.2, 0.25) is 0 Å². The van der Waals surface area contributed by atoms with Gasteiger partial charge in [-0.15, -0.1) is 0 Å². The predicted octanol–water partition coefficient (Wildman–Crippen LogP) is 1.58. The number of piperazine rings is 1. The Balaban J connectivity index is 1.94. The molecule has 2 amide bonds. The van der Waals surface area contributed by atoms with Crippen molar-refractivity contribution in [1.82, 2.24) is 9.80 Å². The van der Waals surface area contributed by atoms with E-state index in [2.05, 4.69) is 17.1 Å². The van der Waals surface area contributed by atoms with Gasteiger partial charge in [-0.05, 0) is 24.7 Å². The maximum atomic E-state index is 13.6. The zero-order chi connectivity index (χ0) is 13.8. The molecule has 2 rings (SSSR count). The van der Waals surface area contributed by atoms with Gasteiger partial charge in [-0.3, -0.25) is 0 Å². The standard InChI is InChI=1S/C13H19FN4O/c1-2-17-5-7-18(8-6-17)13(19)16-12-4-3-10(15)9-11(12)14/h3-4,9H,2,5-8,15H2,1H3,(H,16,19). The number of carbonyl (C=O) groups is 1. The highest BCUT2D eigenvalue weighted by Gasteiger charge is 2.20. The third-order valence-electron chi connectivity index (χ3n) is 3.34. The number of nitrogens with one attached hydrogen (secondary N) is 1. The molecule has 0 saturated carbocycles. The van der Waals surface area contributed by atoms with Gasteiger partial charge in [0.15, 0.2) is 0 Å². The van der Waals surface area contributed by atoms with Crippen LogP contribution in [0.15, 0.2) is 18.2 Å². The molecule has 1 saturated heterocycles. The Morgan fingerprint density at radius 2 is 2.05 bits per heavy atom. The first kappa shape index (κ1) is 13.6. The van der Waals surface area contributed by atoms with E-state index in [0.29, 0.717) is 18.8 Å². The fourth-order valence-electron chi connectivity index (χ4n) is 2.09. The molecule has 0 radical (unpaired) electrons. The molecule has 0 aliphatic carbocycles. The van der Waals surface area contributed by atoms with Gasteiger partial charge < -0.3 is 20.9 Å². The summed E-state index contributed by atoms with van der Waals surface area (Å²) in [6.45, 7) is 6.12. The van der Waals surface area contributed by atoms with E-state index in [4.69, 9.17) is 5.73 Å². The van der Waals surface area contributed by atoms with Crippen LogP contribution in [0.25, 0.3) is 0 Å². The number of hydrogen-bond acceptors (Lipinski definition) is 3. The summed E-state index contributed by atoms with van der Waals surface area (Å²) in [7, 11) is 0. The maximum Gasteiger partial charge on any atom is 0.322 e. The number of halogens is 1. The molecule has 0 unspecified atom stereocenters. The summed E-state index contributed by atoms with van der Waals surface area (Å²) in [4.78, 5) is 16.0. The minimum atomic E-state index is -0.513. The molecule has 1 heterocycles. The number of carbonyl (C=O) groups excluding carboxylic acids is 1. The van der Waals surface area contributed by atoms with Crippen molar-refractivity contribution in [3.63, 3.8) is 0 Å². The van der Waals surface area contributed by atoms with E-state index in [1.807, 2.05) is 0 Å². The van der Waals surface area contributed by atoms with Gasteiger partial charge >= 0.3 is 6.03 Å². The van der Waals surface area contributed by atoms with Crippen LogP contribution in [-0.2, 0) is 0 Å². The monoisotopic (exact) mass is 266 g/mol. The lowest BCUT2D eigenvalue weighted by molar-refractivity contribution is 0.151. The quantitative estimate of drug-likeness (QED) is 0.799. The van der Waals surface area contributed by atoms with Crippen LogP contribution in [0, 0.1) is 5.82 Å². The molecular weight excluding hydrogens is 247 g/mol. The van der Waals surface area contributed by atoms with Gasteiger partial charge in [-0.2, -0.15) is 0 Å². The van der Waals surface area contributed by atoms with Crippen molar-refractivity contribution in [3.8, 4) is 0 Å². The topological polar surface area (TPSA) is 61.6 Å². The van der Waals surface area contributed by atoms with Gasteiger partial charge in [0.05, 0.1) is 5.69 Å². The lowest BCUT2D eigenvalue weighted by atomic mass is 10.2. The Morgan fingerprint density at radius 3 is 2.63 bits per heavy atom. The Bertz CT molecular complexity index is 458. The van der Waals surface area contributed by atoms with E-state index in [1.165, 1.54) is 12.1 Å². The summed E-state index contributed by atoms with van der Waals surface area (Å²) in [5, 5.41) is 2.58. The molecule has 1 aromatic rings. The number of amides is 2. The first-order valence-electron chi connectivity index (χ1n) is 6.43. The van der Waals surface area contributed by atoms with Crippen molar-refractivity contribution >= 4 is 17.4 Å². The Hall–Kier alpha value is -1.82. The highest BCUT2D eigenvalue weighted by atomic mass is 19.1. The van der Waals surface area contributed by atoms with Crippen LogP contribution in [0.5, 0.6) is 0 Å². The number of benzene rings is 1. The van der Waals surface area contributed by atoms with E-state index in [-0.39, 0.29) is 11.7 Å². The van der Waals surface area contributed by atoms with E-state index >= 15 is 0 Å². The molecule has 6 heteroatoms. The Kier molecular flexibility index (Phi) is 4.21. The molecule has 1 fully saturated rings. The molecule has 0 aromatic heterocycles. The number of rotatable bonds is 2. The summed E-state index contributed by atoms with van der Waals surface area (Å²) >= 11 is 0. The number of nitrogens with two attached hydrogens (primary N) is 1. The fourth-order valence-corrected chi connectivity index (χ4v) is 2.09. The van der Waals surface area contributed by atoms with E-state index < -0.39 is 5.82 Å². The van der Waals surface area contributed by atoms with Gasteiger partial charge in [0.25, 0.3) is 0 Å². The van der Waals surface area contributed by atoms with Crippen LogP contribution in [0.3, 0.4) is 0 Å². The van der Waals surface area contributed by atoms with Crippen LogP contribution in [0.4, 0.5) is 20.6 Å². The lowest BCUT2D eigenvalue weighted by Crippen LogP contribution is -2.49. The van der Waals surface area contributed by atoms with Gasteiger partial charge in [-0.1, -0.05) is 6.92 Å². The number of nitrogens with zero attached hydrogens (tertiary/aromatic N) is 2. The lowest BCUT2D eigenvalue weighted by Gasteiger charge is -2.34. The zero-order valence-electron chi connectivity index (χ0n) is 11.0. The molecule has 0 atom stereocenters. The summed E-state index contributed by atoms with van der Waals surface area (Å²) < 4.78 is 13.6. The average molecular weight is 266 g/mol. The number of hydrogen-bond donors (Lipinski definition) is 2. The number of likely N-dealkylation sites (N-methyl/N-ethyl adjacent to an activating group) is 1. The molecule has 0 bridgehead atoms. The maximum absolute atomic E-state index is 13.6. The van der Waals surface area contributed by atoms with Crippen molar-refractivity contribution in [2.24, 2.45) is 0 Å². The molecule has 1 aromatic carbocycles. The van der Waals surface area contributed by atoms with Crippen molar-refractivity contribution in [3.05, 3.63) is 24.0 Å². The molecule has 0 spiro atoms. The van der Waals surface area contributed by atoms with Crippen molar-refractivity contribution in [2.45, 2.75) is 6.92 Å². The SMILES string of the molecule is CCN1CCN(C(=O)Nc2ccc(N)cc2F)CC1. The minimum Gasteiger partial charge on any atom is -0.399 e. The van der Waals surface area contributed by atoms with E-state index in [9.17, 15) is 9.18 Å². The first-order chi connectivity index (χ1) is 9.10. The third-order valence-corrected chi connectivity index (χ3v) is 3.34.